The lowest BCUT2D eigenvalue weighted by Gasteiger charge is -1.99. The third-order valence-electron chi connectivity index (χ3n) is 1.83. The number of aryl methyl sites for hydroxylation is 1. The molecule has 0 saturated carbocycles. The van der Waals surface area contributed by atoms with E-state index in [2.05, 4.69) is 10.3 Å². The summed E-state index contributed by atoms with van der Waals surface area (Å²) in [6.45, 7) is 0. The Bertz CT molecular complexity index is 422. The van der Waals surface area contributed by atoms with Crippen LogP contribution in [0.4, 0.5) is 4.39 Å². The second-order valence-corrected chi connectivity index (χ2v) is 2.75. The van der Waals surface area contributed by atoms with E-state index >= 15 is 0 Å². The van der Waals surface area contributed by atoms with Crippen LogP contribution in [-0.2, 0) is 7.05 Å². The minimum atomic E-state index is -0.251. The fraction of sp³-hybridized carbons (Fsp3) is 0.111. The van der Waals surface area contributed by atoms with Gasteiger partial charge in [-0.05, 0) is 12.1 Å². The molecule has 2 aromatic rings. The molecule has 4 heteroatoms. The molecular formula is C9H8FN3. The lowest BCUT2D eigenvalue weighted by Crippen LogP contribution is -1.93. The standard InChI is InChI=1S/C9H8FN3/c1-13-9(6-11-12-13)7-3-2-4-8(10)5-7/h2-6H,1H3. The summed E-state index contributed by atoms with van der Waals surface area (Å²) in [7, 11) is 1.77. The van der Waals surface area contributed by atoms with Crippen LogP contribution < -0.4 is 0 Å². The molecule has 13 heavy (non-hydrogen) atoms. The van der Waals surface area contributed by atoms with Gasteiger partial charge in [0.1, 0.15) is 5.82 Å². The van der Waals surface area contributed by atoms with Crippen molar-refractivity contribution in [2.24, 2.45) is 7.05 Å². The van der Waals surface area contributed by atoms with Gasteiger partial charge in [-0.1, -0.05) is 17.3 Å². The molecule has 0 spiro atoms. The minimum absolute atomic E-state index is 0.251. The molecule has 0 amide bonds. The average molecular weight is 177 g/mol. The van der Waals surface area contributed by atoms with E-state index in [1.54, 1.807) is 24.0 Å². The molecule has 66 valence electrons. The molecule has 1 aromatic heterocycles. The largest absolute Gasteiger partial charge is 0.248 e. The van der Waals surface area contributed by atoms with Gasteiger partial charge in [-0.15, -0.1) is 5.10 Å². The van der Waals surface area contributed by atoms with E-state index in [1.807, 2.05) is 6.07 Å². The Kier molecular flexibility index (Phi) is 1.81. The lowest BCUT2D eigenvalue weighted by atomic mass is 10.2. The molecule has 1 heterocycles. The van der Waals surface area contributed by atoms with Gasteiger partial charge < -0.3 is 0 Å². The Labute approximate surface area is 74.8 Å². The zero-order valence-electron chi connectivity index (χ0n) is 7.11. The Morgan fingerprint density at radius 3 is 2.85 bits per heavy atom. The number of hydrogen-bond donors (Lipinski definition) is 0. The molecule has 0 N–H and O–H groups in total. The molecule has 0 radical (unpaired) electrons. The van der Waals surface area contributed by atoms with Crippen molar-refractivity contribution in [2.75, 3.05) is 0 Å². The van der Waals surface area contributed by atoms with Gasteiger partial charge in [0.25, 0.3) is 0 Å². The zero-order valence-corrected chi connectivity index (χ0v) is 7.11. The van der Waals surface area contributed by atoms with Gasteiger partial charge in [-0.25, -0.2) is 9.07 Å². The van der Waals surface area contributed by atoms with Crippen LogP contribution in [0.5, 0.6) is 0 Å². The molecule has 0 aliphatic heterocycles. The van der Waals surface area contributed by atoms with Crippen LogP contribution in [0.15, 0.2) is 30.5 Å². The van der Waals surface area contributed by atoms with Crippen molar-refractivity contribution in [1.29, 1.82) is 0 Å². The van der Waals surface area contributed by atoms with Crippen LogP contribution in [0, 0.1) is 5.82 Å². The van der Waals surface area contributed by atoms with Crippen molar-refractivity contribution >= 4 is 0 Å². The van der Waals surface area contributed by atoms with Crippen LogP contribution in [0.3, 0.4) is 0 Å². The van der Waals surface area contributed by atoms with E-state index in [9.17, 15) is 4.39 Å². The van der Waals surface area contributed by atoms with Crippen LogP contribution in [0.2, 0.25) is 0 Å². The zero-order chi connectivity index (χ0) is 9.26. The van der Waals surface area contributed by atoms with Crippen molar-refractivity contribution < 1.29 is 4.39 Å². The molecule has 0 saturated heterocycles. The summed E-state index contributed by atoms with van der Waals surface area (Å²) >= 11 is 0. The Morgan fingerprint density at radius 2 is 2.23 bits per heavy atom. The first kappa shape index (κ1) is 7.91. The minimum Gasteiger partial charge on any atom is -0.248 e. The third kappa shape index (κ3) is 1.42. The highest BCUT2D eigenvalue weighted by molar-refractivity contribution is 5.57. The Balaban J connectivity index is 2.53. The van der Waals surface area contributed by atoms with Gasteiger partial charge >= 0.3 is 0 Å². The van der Waals surface area contributed by atoms with E-state index in [-0.39, 0.29) is 5.82 Å². The molecule has 0 fully saturated rings. The van der Waals surface area contributed by atoms with Gasteiger partial charge in [0.2, 0.25) is 0 Å². The summed E-state index contributed by atoms with van der Waals surface area (Å²) in [6.07, 6.45) is 1.61. The van der Waals surface area contributed by atoms with Gasteiger partial charge in [-0.2, -0.15) is 0 Å². The first-order chi connectivity index (χ1) is 6.27. The van der Waals surface area contributed by atoms with Crippen LogP contribution >= 0.6 is 0 Å². The van der Waals surface area contributed by atoms with Crippen LogP contribution in [0.25, 0.3) is 11.3 Å². The quantitative estimate of drug-likeness (QED) is 0.662. The summed E-state index contributed by atoms with van der Waals surface area (Å²) in [5.41, 5.74) is 1.59. The van der Waals surface area contributed by atoms with Gasteiger partial charge in [0.05, 0.1) is 11.9 Å². The van der Waals surface area contributed by atoms with Gasteiger partial charge in [0.15, 0.2) is 0 Å². The SMILES string of the molecule is Cn1nncc1-c1cccc(F)c1. The molecule has 3 nitrogen and oxygen atoms in total. The highest BCUT2D eigenvalue weighted by Crippen LogP contribution is 2.17. The highest BCUT2D eigenvalue weighted by Gasteiger charge is 2.03. The summed E-state index contributed by atoms with van der Waals surface area (Å²) in [4.78, 5) is 0. The van der Waals surface area contributed by atoms with Gasteiger partial charge in [-0.3, -0.25) is 0 Å². The molecule has 1 aromatic carbocycles. The Hall–Kier alpha value is -1.71. The number of benzene rings is 1. The molecule has 2 rings (SSSR count). The second kappa shape index (κ2) is 2.97. The van der Waals surface area contributed by atoms with Crippen molar-refractivity contribution in [3.05, 3.63) is 36.3 Å². The van der Waals surface area contributed by atoms with Crippen molar-refractivity contribution in [1.82, 2.24) is 15.0 Å². The van der Waals surface area contributed by atoms with Crippen LogP contribution in [0.1, 0.15) is 0 Å². The highest BCUT2D eigenvalue weighted by atomic mass is 19.1. The number of halogens is 1. The summed E-state index contributed by atoms with van der Waals surface area (Å²) in [5, 5.41) is 7.49. The molecule has 0 unspecified atom stereocenters. The van der Waals surface area contributed by atoms with Crippen molar-refractivity contribution in [3.8, 4) is 11.3 Å². The van der Waals surface area contributed by atoms with E-state index in [1.165, 1.54) is 12.1 Å². The third-order valence-corrected chi connectivity index (χ3v) is 1.83. The number of hydrogen-bond acceptors (Lipinski definition) is 2. The van der Waals surface area contributed by atoms with E-state index in [0.717, 1.165) is 11.3 Å². The topological polar surface area (TPSA) is 30.7 Å². The maximum Gasteiger partial charge on any atom is 0.123 e. The summed E-state index contributed by atoms with van der Waals surface area (Å²) in [6, 6.07) is 6.35. The fourth-order valence-corrected chi connectivity index (χ4v) is 1.20. The number of rotatable bonds is 1. The van der Waals surface area contributed by atoms with Crippen molar-refractivity contribution in [3.63, 3.8) is 0 Å². The molecule has 0 atom stereocenters. The monoisotopic (exact) mass is 177 g/mol. The van der Waals surface area contributed by atoms with E-state index < -0.39 is 0 Å². The van der Waals surface area contributed by atoms with E-state index in [0.29, 0.717) is 0 Å². The fourth-order valence-electron chi connectivity index (χ4n) is 1.20. The molecule has 0 bridgehead atoms. The maximum atomic E-state index is 12.8. The second-order valence-electron chi connectivity index (χ2n) is 2.75. The number of nitrogens with zero attached hydrogens (tertiary/aromatic N) is 3. The molecule has 0 aliphatic carbocycles. The van der Waals surface area contributed by atoms with E-state index in [4.69, 9.17) is 0 Å². The predicted molar refractivity (Wildman–Crippen MR) is 46.4 cm³/mol. The van der Waals surface area contributed by atoms with Crippen LogP contribution in [-0.4, -0.2) is 15.0 Å². The first-order valence-corrected chi connectivity index (χ1v) is 3.88. The normalized spacial score (nSPS) is 10.3. The Morgan fingerprint density at radius 1 is 1.38 bits per heavy atom. The lowest BCUT2D eigenvalue weighted by molar-refractivity contribution is 0.628. The average Bonchev–Trinajstić information content (AvgIpc) is 2.51. The van der Waals surface area contributed by atoms with Gasteiger partial charge in [0, 0.05) is 12.6 Å². The number of aromatic nitrogens is 3. The smallest absolute Gasteiger partial charge is 0.123 e. The predicted octanol–water partition coefficient (Wildman–Crippen LogP) is 1.62. The maximum absolute atomic E-state index is 12.8. The summed E-state index contributed by atoms with van der Waals surface area (Å²) < 4.78 is 14.4. The molecule has 0 aliphatic rings. The summed E-state index contributed by atoms with van der Waals surface area (Å²) in [5.74, 6) is -0.251. The molecular weight excluding hydrogens is 169 g/mol. The first-order valence-electron chi connectivity index (χ1n) is 3.88. The van der Waals surface area contributed by atoms with Crippen molar-refractivity contribution in [2.45, 2.75) is 0 Å².